The van der Waals surface area contributed by atoms with Crippen LogP contribution in [0.2, 0.25) is 0 Å². The van der Waals surface area contributed by atoms with Crippen molar-refractivity contribution in [2.24, 2.45) is 0 Å². The van der Waals surface area contributed by atoms with Crippen LogP contribution in [0.4, 0.5) is 0 Å². The summed E-state index contributed by atoms with van der Waals surface area (Å²) in [7, 11) is -15.5. The van der Waals surface area contributed by atoms with Gasteiger partial charge >= 0.3 is 69.9 Å². The van der Waals surface area contributed by atoms with Crippen molar-refractivity contribution in [3.8, 4) is 0 Å². The van der Waals surface area contributed by atoms with Gasteiger partial charge in [0.2, 0.25) is 0 Å². The van der Waals surface area contributed by atoms with Crippen LogP contribution in [0.15, 0.2) is 0 Å². The molecule has 0 unspecified atom stereocenters. The van der Waals surface area contributed by atoms with Crippen molar-refractivity contribution >= 4 is 80.1 Å². The van der Waals surface area contributed by atoms with Gasteiger partial charge < -0.3 is 27.3 Å². The van der Waals surface area contributed by atoms with Crippen molar-refractivity contribution in [1.29, 1.82) is 0 Å². The molecule has 0 aliphatic carbocycles. The predicted molar refractivity (Wildman–Crippen MR) is 37.2 cm³/mol. The minimum atomic E-state index is -5.17. The largest absolute Gasteiger partial charge is 4.00 e. The van der Waals surface area contributed by atoms with E-state index in [1.807, 2.05) is 0 Å². The zero-order chi connectivity index (χ0) is 13.5. The van der Waals surface area contributed by atoms with E-state index >= 15 is 0 Å². The Morgan fingerprint density at radius 3 is 0.471 bits per heavy atom. The fourth-order valence-corrected chi connectivity index (χ4v) is 0. The van der Waals surface area contributed by atoms with Crippen molar-refractivity contribution in [2.75, 3.05) is 0 Å². The normalized spacial score (nSPS) is 10.2. The fraction of sp³-hybridized carbons (Fsp3) is 0. The zero-order valence-corrected chi connectivity index (χ0v) is 16.3. The van der Waals surface area contributed by atoms with Gasteiger partial charge in [-0.2, -0.15) is 0 Å². The van der Waals surface area contributed by atoms with Crippen molar-refractivity contribution in [3.05, 3.63) is 0 Å². The summed E-state index contributed by atoms with van der Waals surface area (Å²) in [6.07, 6.45) is 0. The average Bonchev–Trinajstić information content (AvgIpc) is 1.41. The molecular weight excluding hydrogens is 621 g/mol. The van der Waals surface area contributed by atoms with E-state index in [9.17, 15) is 0 Å². The Hall–Kier alpha value is 1.87. The second kappa shape index (κ2) is 12.9. The first-order valence-electron chi connectivity index (χ1n) is 2.00. The van der Waals surface area contributed by atoms with Gasteiger partial charge in [0.05, 0.1) is 0 Å². The zero-order valence-electron chi connectivity index (χ0n) is 7.15. The quantitative estimate of drug-likeness (QED) is 0.142. The number of hydrogen-bond donors (Lipinski definition) is 0. The van der Waals surface area contributed by atoms with E-state index in [0.29, 0.717) is 0 Å². The standard InChI is InChI=1S/Ba.3H2O4S.Pt/c;3*1-5(2,3)4;/h;3*(H2,1,2,3,4);/q+2;;;;+4/p-6. The first-order valence-corrected chi connectivity index (χ1v) is 6.00. The Morgan fingerprint density at radius 2 is 0.471 bits per heavy atom. The van der Waals surface area contributed by atoms with E-state index in [2.05, 4.69) is 0 Å². The molecule has 0 aliphatic heterocycles. The Labute approximate surface area is 151 Å². The molecule has 0 radical (unpaired) electrons. The summed E-state index contributed by atoms with van der Waals surface area (Å²) in [6, 6.07) is 0. The van der Waals surface area contributed by atoms with Crippen LogP contribution in [0.25, 0.3) is 0 Å². The molecule has 17 heteroatoms. The summed E-state index contributed by atoms with van der Waals surface area (Å²) >= 11 is 0. The second-order valence-corrected chi connectivity index (χ2v) is 3.67. The molecule has 0 bridgehead atoms. The molecule has 0 spiro atoms. The van der Waals surface area contributed by atoms with Gasteiger partial charge in [-0.1, -0.05) is 0 Å². The third-order valence-electron chi connectivity index (χ3n) is 0. The number of rotatable bonds is 0. The Bertz CT molecular complexity index is 343. The summed E-state index contributed by atoms with van der Waals surface area (Å²) in [5, 5.41) is 0. The molecule has 0 aromatic carbocycles. The van der Waals surface area contributed by atoms with Gasteiger partial charge in [-0.3, -0.25) is 25.3 Å². The Balaban J connectivity index is -0.0000000400. The fourth-order valence-electron chi connectivity index (χ4n) is 0. The SMILES string of the molecule is O=S(=O)([O-])[O-].O=S(=O)([O-])[O-].O=S(=O)([O-])[O-].[Ba+2].[Pt+4]. The molecule has 0 saturated carbocycles. The van der Waals surface area contributed by atoms with E-state index in [1.165, 1.54) is 0 Å². The van der Waals surface area contributed by atoms with Crippen molar-refractivity contribution in [1.82, 2.24) is 0 Å². The van der Waals surface area contributed by atoms with Crippen LogP contribution >= 0.6 is 0 Å². The van der Waals surface area contributed by atoms with E-state index in [-0.39, 0.29) is 69.9 Å². The van der Waals surface area contributed by atoms with Crippen molar-refractivity contribution in [3.63, 3.8) is 0 Å². The Kier molecular flexibility index (Phi) is 23.7. The molecule has 0 heterocycles. The van der Waals surface area contributed by atoms with Crippen LogP contribution in [0.1, 0.15) is 0 Å². The van der Waals surface area contributed by atoms with Crippen LogP contribution in [-0.4, -0.2) is 101 Å². The molecule has 0 aromatic heterocycles. The molecule has 0 saturated heterocycles. The Morgan fingerprint density at radius 1 is 0.471 bits per heavy atom. The molecule has 0 aliphatic rings. The maximum Gasteiger partial charge on any atom is 4.00 e. The molecule has 0 amide bonds. The maximum atomic E-state index is 8.52. The predicted octanol–water partition coefficient (Wildman–Crippen LogP) is -4.40. The van der Waals surface area contributed by atoms with Gasteiger partial charge in [0.25, 0.3) is 0 Å². The third kappa shape index (κ3) is 1290. The summed E-state index contributed by atoms with van der Waals surface area (Å²) in [4.78, 5) is 0. The van der Waals surface area contributed by atoms with Gasteiger partial charge in [0, 0.05) is 31.2 Å². The average molecular weight is 621 g/mol. The van der Waals surface area contributed by atoms with Crippen LogP contribution < -0.4 is 0 Å². The van der Waals surface area contributed by atoms with E-state index in [4.69, 9.17) is 52.6 Å². The van der Waals surface area contributed by atoms with Crippen LogP contribution in [0.5, 0.6) is 0 Å². The van der Waals surface area contributed by atoms with Gasteiger partial charge in [0.15, 0.2) is 0 Å². The maximum absolute atomic E-state index is 8.52. The molecule has 0 aromatic rings. The minimum absolute atomic E-state index is 0. The monoisotopic (exact) mass is 621 g/mol. The topological polar surface area (TPSA) is 241 Å². The van der Waals surface area contributed by atoms with Crippen LogP contribution in [-0.2, 0) is 52.3 Å². The summed E-state index contributed by atoms with van der Waals surface area (Å²) in [5.74, 6) is 0. The first kappa shape index (κ1) is 31.3. The summed E-state index contributed by atoms with van der Waals surface area (Å²) in [5.41, 5.74) is 0. The minimum Gasteiger partial charge on any atom is -0.759 e. The smallest absolute Gasteiger partial charge is 0.759 e. The molecule has 17 heavy (non-hydrogen) atoms. The molecule has 0 atom stereocenters. The molecule has 0 fully saturated rings. The van der Waals surface area contributed by atoms with Gasteiger partial charge in [-0.25, -0.2) is 0 Å². The molecular formula is BaO12PtS3. The van der Waals surface area contributed by atoms with Crippen LogP contribution in [0, 0.1) is 0 Å². The van der Waals surface area contributed by atoms with E-state index in [0.717, 1.165) is 0 Å². The van der Waals surface area contributed by atoms with Crippen molar-refractivity contribution < 1.29 is 73.6 Å². The van der Waals surface area contributed by atoms with E-state index in [1.54, 1.807) is 0 Å². The van der Waals surface area contributed by atoms with Crippen molar-refractivity contribution in [2.45, 2.75) is 0 Å². The third-order valence-corrected chi connectivity index (χ3v) is 0. The summed E-state index contributed by atoms with van der Waals surface area (Å²) < 4.78 is 102. The number of hydrogen-bond acceptors (Lipinski definition) is 12. The second-order valence-electron chi connectivity index (χ2n) is 1.22. The van der Waals surface area contributed by atoms with Gasteiger partial charge in [-0.05, 0) is 0 Å². The van der Waals surface area contributed by atoms with Gasteiger partial charge in [0.1, 0.15) is 0 Å². The van der Waals surface area contributed by atoms with E-state index < -0.39 is 31.2 Å². The van der Waals surface area contributed by atoms with Crippen LogP contribution in [0.3, 0.4) is 0 Å². The summed E-state index contributed by atoms with van der Waals surface area (Å²) in [6.45, 7) is 0. The molecule has 0 rings (SSSR count). The molecule has 12 nitrogen and oxygen atoms in total. The molecule has 102 valence electrons. The first-order chi connectivity index (χ1) is 6.00. The molecule has 0 N–H and O–H groups in total. The van der Waals surface area contributed by atoms with Gasteiger partial charge in [-0.15, -0.1) is 0 Å².